The predicted octanol–water partition coefficient (Wildman–Crippen LogP) is 3.69. The Bertz CT molecular complexity index is 685. The highest BCUT2D eigenvalue weighted by Gasteiger charge is 2.13. The molecule has 0 aliphatic heterocycles. The molecule has 2 rings (SSSR count). The third-order valence-corrected chi connectivity index (χ3v) is 3.97. The Morgan fingerprint density at radius 2 is 1.68 bits per heavy atom. The van der Waals surface area contributed by atoms with Gasteiger partial charge in [0.25, 0.3) is 0 Å². The zero-order valence-electron chi connectivity index (χ0n) is 15.5. The van der Waals surface area contributed by atoms with E-state index >= 15 is 0 Å². The maximum atomic E-state index is 12.1. The van der Waals surface area contributed by atoms with Crippen molar-refractivity contribution in [3.05, 3.63) is 59.7 Å². The van der Waals surface area contributed by atoms with Crippen LogP contribution in [0.15, 0.2) is 48.5 Å². The van der Waals surface area contributed by atoms with Crippen molar-refractivity contribution in [3.8, 4) is 5.75 Å². The summed E-state index contributed by atoms with van der Waals surface area (Å²) >= 11 is 0. The highest BCUT2D eigenvalue weighted by molar-refractivity contribution is 5.78. The molecule has 4 heteroatoms. The molecular weight excluding hydrogens is 312 g/mol. The zero-order chi connectivity index (χ0) is 18.4. The van der Waals surface area contributed by atoms with E-state index in [1.807, 2.05) is 31.2 Å². The summed E-state index contributed by atoms with van der Waals surface area (Å²) in [6.45, 7) is 8.91. The van der Waals surface area contributed by atoms with Crippen LogP contribution in [0.1, 0.15) is 38.8 Å². The van der Waals surface area contributed by atoms with Gasteiger partial charge in [0.05, 0.1) is 12.5 Å². The maximum Gasteiger partial charge on any atom is 0.224 e. The van der Waals surface area contributed by atoms with Gasteiger partial charge < -0.3 is 15.8 Å². The zero-order valence-corrected chi connectivity index (χ0v) is 15.5. The summed E-state index contributed by atoms with van der Waals surface area (Å²) < 4.78 is 5.77. The molecule has 0 radical (unpaired) electrons. The number of nitrogens with one attached hydrogen (secondary N) is 1. The van der Waals surface area contributed by atoms with Crippen LogP contribution < -0.4 is 15.8 Å². The SMILES string of the molecule is CC(COc1ccc(C(C)(C)C)cc1)NC(=O)Cc1ccc(N)cc1. The molecule has 0 aromatic heterocycles. The Morgan fingerprint density at radius 1 is 1.08 bits per heavy atom. The summed E-state index contributed by atoms with van der Waals surface area (Å²) in [4.78, 5) is 12.1. The minimum Gasteiger partial charge on any atom is -0.491 e. The van der Waals surface area contributed by atoms with E-state index < -0.39 is 0 Å². The molecule has 0 spiro atoms. The van der Waals surface area contributed by atoms with Crippen molar-refractivity contribution in [3.63, 3.8) is 0 Å². The second-order valence-corrected chi connectivity index (χ2v) is 7.47. The summed E-state index contributed by atoms with van der Waals surface area (Å²) in [5, 5.41) is 2.95. The number of carbonyl (C=O) groups is 1. The molecule has 1 amide bonds. The van der Waals surface area contributed by atoms with Crippen LogP contribution >= 0.6 is 0 Å². The lowest BCUT2D eigenvalue weighted by molar-refractivity contribution is -0.121. The molecule has 0 aliphatic carbocycles. The van der Waals surface area contributed by atoms with Crippen molar-refractivity contribution in [2.75, 3.05) is 12.3 Å². The minimum atomic E-state index is -0.0661. The monoisotopic (exact) mass is 340 g/mol. The van der Waals surface area contributed by atoms with Crippen LogP contribution in [0, 0.1) is 0 Å². The minimum absolute atomic E-state index is 0.0241. The first-order chi connectivity index (χ1) is 11.7. The normalized spacial score (nSPS) is 12.5. The highest BCUT2D eigenvalue weighted by Crippen LogP contribution is 2.24. The van der Waals surface area contributed by atoms with Gasteiger partial charge in [-0.2, -0.15) is 0 Å². The van der Waals surface area contributed by atoms with E-state index in [9.17, 15) is 4.79 Å². The topological polar surface area (TPSA) is 64.3 Å². The molecule has 0 heterocycles. The van der Waals surface area contributed by atoms with Crippen LogP contribution in [0.3, 0.4) is 0 Å². The molecular formula is C21H28N2O2. The van der Waals surface area contributed by atoms with E-state index in [0.717, 1.165) is 11.3 Å². The Labute approximate surface area is 150 Å². The second-order valence-electron chi connectivity index (χ2n) is 7.47. The number of rotatable bonds is 6. The number of ether oxygens (including phenoxy) is 1. The van der Waals surface area contributed by atoms with E-state index in [1.54, 1.807) is 12.1 Å². The lowest BCUT2D eigenvalue weighted by atomic mass is 9.87. The third kappa shape index (κ3) is 6.14. The van der Waals surface area contributed by atoms with E-state index in [0.29, 0.717) is 18.7 Å². The van der Waals surface area contributed by atoms with Crippen molar-refractivity contribution in [2.45, 2.75) is 45.6 Å². The van der Waals surface area contributed by atoms with E-state index in [-0.39, 0.29) is 17.4 Å². The van der Waals surface area contributed by atoms with Crippen LogP contribution in [0.2, 0.25) is 0 Å². The van der Waals surface area contributed by atoms with Crippen molar-refractivity contribution in [2.24, 2.45) is 0 Å². The summed E-state index contributed by atoms with van der Waals surface area (Å²) in [6, 6.07) is 15.4. The number of nitrogen functional groups attached to an aromatic ring is 1. The number of nitrogens with two attached hydrogens (primary N) is 1. The van der Waals surface area contributed by atoms with Gasteiger partial charge in [-0.1, -0.05) is 45.0 Å². The average Bonchev–Trinajstić information content (AvgIpc) is 2.54. The number of benzene rings is 2. The molecule has 1 unspecified atom stereocenters. The van der Waals surface area contributed by atoms with E-state index in [4.69, 9.17) is 10.5 Å². The van der Waals surface area contributed by atoms with Crippen molar-refractivity contribution in [1.29, 1.82) is 0 Å². The molecule has 2 aromatic carbocycles. The van der Waals surface area contributed by atoms with Gasteiger partial charge >= 0.3 is 0 Å². The third-order valence-electron chi connectivity index (χ3n) is 3.97. The first kappa shape index (κ1) is 18.8. The quantitative estimate of drug-likeness (QED) is 0.788. The number of hydrogen-bond acceptors (Lipinski definition) is 3. The Morgan fingerprint density at radius 3 is 2.24 bits per heavy atom. The summed E-state index contributed by atoms with van der Waals surface area (Å²) in [5.41, 5.74) is 8.68. The summed E-state index contributed by atoms with van der Waals surface area (Å²) in [7, 11) is 0. The molecule has 0 saturated carbocycles. The molecule has 3 N–H and O–H groups in total. The van der Waals surface area contributed by atoms with Crippen molar-refractivity contribution >= 4 is 11.6 Å². The number of amides is 1. The first-order valence-corrected chi connectivity index (χ1v) is 8.61. The predicted molar refractivity (Wildman–Crippen MR) is 103 cm³/mol. The fourth-order valence-electron chi connectivity index (χ4n) is 2.46. The Kier molecular flexibility index (Phi) is 6.07. The standard InChI is InChI=1S/C21H28N2O2/c1-15(23-20(24)13-16-5-9-18(22)10-6-16)14-25-19-11-7-17(8-12-19)21(2,3)4/h5-12,15H,13-14,22H2,1-4H3,(H,23,24). The van der Waals surface area contributed by atoms with Gasteiger partial charge in [-0.3, -0.25) is 4.79 Å². The Balaban J connectivity index is 1.79. The molecule has 0 saturated heterocycles. The number of anilines is 1. The van der Waals surface area contributed by atoms with Gasteiger partial charge in [-0.05, 0) is 47.7 Å². The summed E-state index contributed by atoms with van der Waals surface area (Å²) in [5.74, 6) is 0.789. The maximum absolute atomic E-state index is 12.1. The van der Waals surface area contributed by atoms with Crippen LogP contribution in [0.5, 0.6) is 5.75 Å². The fraction of sp³-hybridized carbons (Fsp3) is 0.381. The molecule has 0 aliphatic rings. The van der Waals surface area contributed by atoms with Gasteiger partial charge in [0.1, 0.15) is 12.4 Å². The number of carbonyl (C=O) groups excluding carboxylic acids is 1. The van der Waals surface area contributed by atoms with Gasteiger partial charge in [-0.15, -0.1) is 0 Å². The van der Waals surface area contributed by atoms with E-state index in [1.165, 1.54) is 5.56 Å². The highest BCUT2D eigenvalue weighted by atomic mass is 16.5. The van der Waals surface area contributed by atoms with Gasteiger partial charge in [0, 0.05) is 5.69 Å². The summed E-state index contributed by atoms with van der Waals surface area (Å²) in [6.07, 6.45) is 0.338. The van der Waals surface area contributed by atoms with Gasteiger partial charge in [0.15, 0.2) is 0 Å². The second kappa shape index (κ2) is 8.06. The van der Waals surface area contributed by atoms with Gasteiger partial charge in [-0.25, -0.2) is 0 Å². The van der Waals surface area contributed by atoms with Crippen LogP contribution in [-0.4, -0.2) is 18.6 Å². The molecule has 0 fully saturated rings. The van der Waals surface area contributed by atoms with Crippen molar-refractivity contribution < 1.29 is 9.53 Å². The molecule has 2 aromatic rings. The van der Waals surface area contributed by atoms with Crippen LogP contribution in [0.4, 0.5) is 5.69 Å². The molecule has 25 heavy (non-hydrogen) atoms. The Hall–Kier alpha value is -2.49. The first-order valence-electron chi connectivity index (χ1n) is 8.61. The molecule has 1 atom stereocenters. The van der Waals surface area contributed by atoms with Crippen LogP contribution in [0.25, 0.3) is 0 Å². The largest absolute Gasteiger partial charge is 0.491 e. The fourth-order valence-corrected chi connectivity index (χ4v) is 2.46. The van der Waals surface area contributed by atoms with Gasteiger partial charge in [0.2, 0.25) is 5.91 Å². The van der Waals surface area contributed by atoms with Crippen molar-refractivity contribution in [1.82, 2.24) is 5.32 Å². The lowest BCUT2D eigenvalue weighted by Gasteiger charge is -2.20. The average molecular weight is 340 g/mol. The lowest BCUT2D eigenvalue weighted by Crippen LogP contribution is -2.37. The molecule has 0 bridgehead atoms. The number of hydrogen-bond donors (Lipinski definition) is 2. The molecule has 134 valence electrons. The van der Waals surface area contributed by atoms with Crippen LogP contribution in [-0.2, 0) is 16.6 Å². The molecule has 4 nitrogen and oxygen atoms in total. The van der Waals surface area contributed by atoms with E-state index in [2.05, 4.69) is 38.2 Å². The smallest absolute Gasteiger partial charge is 0.224 e.